The Morgan fingerprint density at radius 2 is 1.79 bits per heavy atom. The van der Waals surface area contributed by atoms with Crippen molar-refractivity contribution in [3.05, 3.63) is 71.4 Å². The van der Waals surface area contributed by atoms with Gasteiger partial charge in [0.15, 0.2) is 0 Å². The molecule has 146 valence electrons. The van der Waals surface area contributed by atoms with Gasteiger partial charge in [0.2, 0.25) is 5.91 Å². The molecule has 1 aromatic heterocycles. The molecule has 1 N–H and O–H groups in total. The standard InChI is InChI=1S/C22H21F3N2O/c23-22(24,25)17-8-5-15(6-9-17)14-27(18-10-11-18)21(28)12-7-16-13-26-20-4-2-1-3-19(16)20/h1-6,8-9,13,18,26H,7,10-12,14H2. The van der Waals surface area contributed by atoms with Gasteiger partial charge in [0.05, 0.1) is 5.56 Å². The van der Waals surface area contributed by atoms with E-state index in [4.69, 9.17) is 0 Å². The quantitative estimate of drug-likeness (QED) is 0.612. The number of fused-ring (bicyclic) bond motifs is 1. The van der Waals surface area contributed by atoms with Gasteiger partial charge in [-0.3, -0.25) is 4.79 Å². The van der Waals surface area contributed by atoms with Crippen LogP contribution >= 0.6 is 0 Å². The summed E-state index contributed by atoms with van der Waals surface area (Å²) in [6.45, 7) is 0.357. The van der Waals surface area contributed by atoms with Crippen molar-refractivity contribution in [3.8, 4) is 0 Å². The van der Waals surface area contributed by atoms with E-state index < -0.39 is 11.7 Å². The lowest BCUT2D eigenvalue weighted by Crippen LogP contribution is -2.32. The molecule has 3 nitrogen and oxygen atoms in total. The average Bonchev–Trinajstić information content (AvgIpc) is 3.43. The molecule has 0 spiro atoms. The number of aryl methyl sites for hydroxylation is 1. The van der Waals surface area contributed by atoms with Crippen LogP contribution in [0.1, 0.15) is 36.0 Å². The number of amides is 1. The normalized spacial score (nSPS) is 14.4. The van der Waals surface area contributed by atoms with Crippen molar-refractivity contribution in [1.82, 2.24) is 9.88 Å². The largest absolute Gasteiger partial charge is 0.416 e. The lowest BCUT2D eigenvalue weighted by molar-refractivity contribution is -0.137. The van der Waals surface area contributed by atoms with Crippen molar-refractivity contribution >= 4 is 16.8 Å². The number of alkyl halides is 3. The maximum Gasteiger partial charge on any atom is 0.416 e. The Labute approximate surface area is 161 Å². The second-order valence-electron chi connectivity index (χ2n) is 7.31. The number of nitrogens with zero attached hydrogens (tertiary/aromatic N) is 1. The monoisotopic (exact) mass is 386 g/mol. The Kier molecular flexibility index (Phi) is 4.87. The van der Waals surface area contributed by atoms with Crippen molar-refractivity contribution in [2.45, 2.75) is 44.4 Å². The number of hydrogen-bond donors (Lipinski definition) is 1. The summed E-state index contributed by atoms with van der Waals surface area (Å²) in [6, 6.07) is 13.3. The third-order valence-corrected chi connectivity index (χ3v) is 5.23. The third-order valence-electron chi connectivity index (χ3n) is 5.23. The maximum absolute atomic E-state index is 12.8. The number of carbonyl (C=O) groups is 1. The van der Waals surface area contributed by atoms with Crippen LogP contribution in [-0.2, 0) is 23.9 Å². The smallest absolute Gasteiger partial charge is 0.361 e. The molecule has 0 unspecified atom stereocenters. The number of nitrogens with one attached hydrogen (secondary N) is 1. The molecule has 0 atom stereocenters. The van der Waals surface area contributed by atoms with Gasteiger partial charge >= 0.3 is 6.18 Å². The van der Waals surface area contributed by atoms with E-state index in [2.05, 4.69) is 4.98 Å². The summed E-state index contributed by atoms with van der Waals surface area (Å²) in [4.78, 5) is 17.9. The van der Waals surface area contributed by atoms with E-state index in [-0.39, 0.29) is 11.9 Å². The van der Waals surface area contributed by atoms with Crippen LogP contribution in [0, 0.1) is 0 Å². The van der Waals surface area contributed by atoms with Crippen LogP contribution in [0.2, 0.25) is 0 Å². The minimum absolute atomic E-state index is 0.0488. The molecule has 3 aromatic rings. The summed E-state index contributed by atoms with van der Waals surface area (Å²) in [5.41, 5.74) is 2.21. The van der Waals surface area contributed by atoms with Crippen molar-refractivity contribution in [1.29, 1.82) is 0 Å². The Balaban J connectivity index is 1.42. The van der Waals surface area contributed by atoms with Gasteiger partial charge in [0.25, 0.3) is 0 Å². The van der Waals surface area contributed by atoms with E-state index >= 15 is 0 Å². The first-order chi connectivity index (χ1) is 13.4. The van der Waals surface area contributed by atoms with Gasteiger partial charge in [-0.2, -0.15) is 13.2 Å². The first kappa shape index (κ1) is 18.6. The lowest BCUT2D eigenvalue weighted by Gasteiger charge is -2.23. The maximum atomic E-state index is 12.8. The second kappa shape index (κ2) is 7.34. The molecule has 1 amide bonds. The van der Waals surface area contributed by atoms with Gasteiger partial charge in [0.1, 0.15) is 0 Å². The molecule has 0 saturated heterocycles. The van der Waals surface area contributed by atoms with E-state index in [9.17, 15) is 18.0 Å². The molecule has 1 aliphatic rings. The highest BCUT2D eigenvalue weighted by molar-refractivity contribution is 5.84. The number of para-hydroxylation sites is 1. The number of hydrogen-bond acceptors (Lipinski definition) is 1. The molecule has 2 aromatic carbocycles. The number of halogens is 3. The molecule has 0 bridgehead atoms. The summed E-state index contributed by atoms with van der Waals surface area (Å²) in [5, 5.41) is 1.12. The SMILES string of the molecule is O=C(CCc1c[nH]c2ccccc12)N(Cc1ccc(C(F)(F)F)cc1)C1CC1. The highest BCUT2D eigenvalue weighted by atomic mass is 19.4. The van der Waals surface area contributed by atoms with E-state index in [0.29, 0.717) is 19.4 Å². The van der Waals surface area contributed by atoms with E-state index in [0.717, 1.165) is 47.0 Å². The van der Waals surface area contributed by atoms with Crippen molar-refractivity contribution < 1.29 is 18.0 Å². The predicted octanol–water partition coefficient (Wildman–Crippen LogP) is 5.31. The summed E-state index contributed by atoms with van der Waals surface area (Å²) >= 11 is 0. The van der Waals surface area contributed by atoms with Gasteiger partial charge in [-0.1, -0.05) is 30.3 Å². The van der Waals surface area contributed by atoms with Crippen molar-refractivity contribution in [2.24, 2.45) is 0 Å². The topological polar surface area (TPSA) is 36.1 Å². The third kappa shape index (κ3) is 4.06. The average molecular weight is 386 g/mol. The van der Waals surface area contributed by atoms with Crippen LogP contribution in [0.5, 0.6) is 0 Å². The lowest BCUT2D eigenvalue weighted by atomic mass is 10.1. The number of H-pyrrole nitrogens is 1. The summed E-state index contributed by atoms with van der Waals surface area (Å²) < 4.78 is 38.2. The zero-order chi connectivity index (χ0) is 19.7. The molecular formula is C22H21F3N2O. The highest BCUT2D eigenvalue weighted by Gasteiger charge is 2.33. The molecule has 1 fully saturated rings. The Morgan fingerprint density at radius 3 is 2.46 bits per heavy atom. The van der Waals surface area contributed by atoms with Crippen LogP contribution in [0.3, 0.4) is 0 Å². The van der Waals surface area contributed by atoms with Gasteiger partial charge in [0, 0.05) is 36.1 Å². The highest BCUT2D eigenvalue weighted by Crippen LogP contribution is 2.32. The number of carbonyl (C=O) groups excluding carboxylic acids is 1. The van der Waals surface area contributed by atoms with Crippen LogP contribution in [0.4, 0.5) is 13.2 Å². The zero-order valence-electron chi connectivity index (χ0n) is 15.3. The first-order valence-corrected chi connectivity index (χ1v) is 9.42. The summed E-state index contributed by atoms with van der Waals surface area (Å²) in [7, 11) is 0. The fraction of sp³-hybridized carbons (Fsp3) is 0.318. The molecule has 0 radical (unpaired) electrons. The van der Waals surface area contributed by atoms with Crippen LogP contribution < -0.4 is 0 Å². The number of rotatable bonds is 6. The molecule has 6 heteroatoms. The van der Waals surface area contributed by atoms with Crippen molar-refractivity contribution in [2.75, 3.05) is 0 Å². The molecular weight excluding hydrogens is 365 g/mol. The Morgan fingerprint density at radius 1 is 1.07 bits per heavy atom. The van der Waals surface area contributed by atoms with E-state index in [1.54, 1.807) is 0 Å². The molecule has 1 saturated carbocycles. The summed E-state index contributed by atoms with van der Waals surface area (Å²) in [6.07, 6.45) is 0.538. The Bertz CT molecular complexity index is 971. The van der Waals surface area contributed by atoms with E-state index in [1.165, 1.54) is 12.1 Å². The number of aromatic nitrogens is 1. The fourth-order valence-corrected chi connectivity index (χ4v) is 3.53. The van der Waals surface area contributed by atoms with Gasteiger partial charge in [-0.05, 0) is 48.6 Å². The van der Waals surface area contributed by atoms with Crippen LogP contribution in [0.15, 0.2) is 54.7 Å². The zero-order valence-corrected chi connectivity index (χ0v) is 15.3. The molecule has 4 rings (SSSR count). The van der Waals surface area contributed by atoms with E-state index in [1.807, 2.05) is 35.4 Å². The Hall–Kier alpha value is -2.76. The molecule has 1 aliphatic carbocycles. The second-order valence-corrected chi connectivity index (χ2v) is 7.31. The predicted molar refractivity (Wildman–Crippen MR) is 102 cm³/mol. The van der Waals surface area contributed by atoms with Gasteiger partial charge in [-0.25, -0.2) is 0 Å². The first-order valence-electron chi connectivity index (χ1n) is 9.42. The molecule has 0 aliphatic heterocycles. The number of aromatic amines is 1. The minimum atomic E-state index is -4.34. The molecule has 1 heterocycles. The van der Waals surface area contributed by atoms with Gasteiger partial charge in [-0.15, -0.1) is 0 Å². The minimum Gasteiger partial charge on any atom is -0.361 e. The van der Waals surface area contributed by atoms with Crippen LogP contribution in [-0.4, -0.2) is 21.8 Å². The van der Waals surface area contributed by atoms with Crippen molar-refractivity contribution in [3.63, 3.8) is 0 Å². The van der Waals surface area contributed by atoms with Gasteiger partial charge < -0.3 is 9.88 Å². The number of benzene rings is 2. The molecule has 28 heavy (non-hydrogen) atoms. The summed E-state index contributed by atoms with van der Waals surface area (Å²) in [5.74, 6) is 0.0488. The van der Waals surface area contributed by atoms with Crippen LogP contribution in [0.25, 0.3) is 10.9 Å². The fourth-order valence-electron chi connectivity index (χ4n) is 3.53.